The Hall–Kier alpha value is -3.83. The van der Waals surface area contributed by atoms with Crippen molar-refractivity contribution in [2.45, 2.75) is 95.0 Å². The van der Waals surface area contributed by atoms with E-state index in [-0.39, 0.29) is 62.7 Å². The Kier molecular flexibility index (Phi) is 15.4. The molecule has 3 aliphatic rings. The van der Waals surface area contributed by atoms with Crippen LogP contribution in [-0.4, -0.2) is 108 Å². The molecule has 3 heterocycles. The molecule has 6 rings (SSSR count). The third-order valence-electron chi connectivity index (χ3n) is 10.7. The Balaban J connectivity index is 1.19. The zero-order chi connectivity index (χ0) is 41.2. The molecule has 0 spiro atoms. The van der Waals surface area contributed by atoms with E-state index >= 15 is 0 Å². The molecule has 3 aromatic carbocycles. The molecule has 0 unspecified atom stereocenters. The van der Waals surface area contributed by atoms with Gasteiger partial charge in [0.2, 0.25) is 5.91 Å². The number of aliphatic hydroxyl groups is 2. The highest BCUT2D eigenvalue weighted by atomic mass is 79.9. The molecular weight excluding hydrogens is 814 g/mol. The maximum Gasteiger partial charge on any atom is 0.416 e. The average Bonchev–Trinajstić information content (AvgIpc) is 3.64. The van der Waals surface area contributed by atoms with Crippen LogP contribution in [0.15, 0.2) is 102 Å². The minimum Gasteiger partial charge on any atom is -0.447 e. The number of carbonyl (C=O) groups excluding carboxylic acids is 3. The third-order valence-corrected chi connectivity index (χ3v) is 11.5. The van der Waals surface area contributed by atoms with Crippen molar-refractivity contribution in [2.75, 3.05) is 26.9 Å². The topological polar surface area (TPSA) is 160 Å². The fraction of sp³-hybridized carbons (Fsp3) is 0.477. The summed E-state index contributed by atoms with van der Waals surface area (Å²) in [6, 6.07) is 27.9. The molecule has 14 heteroatoms. The summed E-state index contributed by atoms with van der Waals surface area (Å²) in [6.45, 7) is 3.98. The van der Waals surface area contributed by atoms with Gasteiger partial charge in [-0.05, 0) is 57.5 Å². The number of rotatable bonds is 18. The van der Waals surface area contributed by atoms with Gasteiger partial charge in [0.1, 0.15) is 37.1 Å². The van der Waals surface area contributed by atoms with Gasteiger partial charge in [-0.25, -0.2) is 9.69 Å². The van der Waals surface area contributed by atoms with E-state index in [2.05, 4.69) is 15.9 Å². The van der Waals surface area contributed by atoms with Gasteiger partial charge >= 0.3 is 6.09 Å². The number of cyclic esters (lactones) is 1. The highest BCUT2D eigenvalue weighted by molar-refractivity contribution is 9.11. The van der Waals surface area contributed by atoms with E-state index in [1.165, 1.54) is 13.2 Å². The van der Waals surface area contributed by atoms with Crippen LogP contribution in [-0.2, 0) is 62.4 Å². The number of benzene rings is 3. The van der Waals surface area contributed by atoms with Crippen molar-refractivity contribution in [3.63, 3.8) is 0 Å². The number of amides is 2. The Morgan fingerprint density at radius 3 is 2.03 bits per heavy atom. The monoisotopic (exact) mass is 865 g/mol. The van der Waals surface area contributed by atoms with Crippen molar-refractivity contribution < 1.29 is 57.8 Å². The van der Waals surface area contributed by atoms with Crippen LogP contribution >= 0.6 is 15.9 Å². The summed E-state index contributed by atoms with van der Waals surface area (Å²) in [5.41, 5.74) is 2.60. The van der Waals surface area contributed by atoms with Crippen LogP contribution in [0.3, 0.4) is 0 Å². The maximum atomic E-state index is 14.3. The first-order valence-corrected chi connectivity index (χ1v) is 20.4. The second-order valence-electron chi connectivity index (χ2n) is 15.0. The molecule has 13 nitrogen and oxygen atoms in total. The van der Waals surface area contributed by atoms with Crippen LogP contribution < -0.4 is 0 Å². The highest BCUT2D eigenvalue weighted by Crippen LogP contribution is 2.38. The van der Waals surface area contributed by atoms with E-state index in [1.54, 1.807) is 0 Å². The molecular formula is C44H52BrNO12. The number of aliphatic hydroxyl groups excluding tert-OH is 1. The van der Waals surface area contributed by atoms with E-state index in [1.807, 2.05) is 105 Å². The lowest BCUT2D eigenvalue weighted by molar-refractivity contribution is -0.320. The van der Waals surface area contributed by atoms with Gasteiger partial charge in [0.15, 0.2) is 17.9 Å². The van der Waals surface area contributed by atoms with Crippen LogP contribution in [0.4, 0.5) is 4.79 Å². The predicted octanol–water partition coefficient (Wildman–Crippen LogP) is 5.48. The highest BCUT2D eigenvalue weighted by Gasteiger charge is 2.51. The Morgan fingerprint density at radius 1 is 0.879 bits per heavy atom. The number of ketones is 1. The summed E-state index contributed by atoms with van der Waals surface area (Å²) >= 11 is 3.35. The summed E-state index contributed by atoms with van der Waals surface area (Å²) in [5, 5.41) is 22.4. The van der Waals surface area contributed by atoms with Crippen molar-refractivity contribution in [3.8, 4) is 0 Å². The molecule has 2 amide bonds. The van der Waals surface area contributed by atoms with Crippen LogP contribution in [0.2, 0.25) is 0 Å². The van der Waals surface area contributed by atoms with Crippen molar-refractivity contribution in [3.05, 3.63) is 118 Å². The summed E-state index contributed by atoms with van der Waals surface area (Å²) in [4.78, 5) is 41.9. The number of nitrogens with zero attached hydrogens (tertiary/aromatic N) is 1. The maximum absolute atomic E-state index is 14.3. The predicted molar refractivity (Wildman–Crippen MR) is 214 cm³/mol. The van der Waals surface area contributed by atoms with Crippen LogP contribution in [0.1, 0.15) is 43.4 Å². The molecule has 0 aromatic heterocycles. The Labute approximate surface area is 347 Å². The van der Waals surface area contributed by atoms with Gasteiger partial charge in [-0.3, -0.25) is 9.59 Å². The molecule has 9 atom stereocenters. The standard InChI is InChI=1S/C44H52BrNO12/c1-28(2)33-27-56-43(50)46(33)41(49)32(22-29-14-7-4-8-15-29)37-34(48)23-36(45)44(51,58-37)20-13-21-53-40-39(55-26-31-18-11-6-12-19-31)38(35(24-47)57-42(40)52-3)54-25-30-16-9-5-10-17-30/h4-12,14-19,23,28,32-33,35,37-40,42,47,51H,13,20-22,24-27H2,1-3H3/t32-,33-,35+,37+,38+,39-,40-,42-,44-/m0/s1. The van der Waals surface area contributed by atoms with Gasteiger partial charge in [0.05, 0.1) is 36.3 Å². The van der Waals surface area contributed by atoms with Gasteiger partial charge in [0, 0.05) is 20.1 Å². The van der Waals surface area contributed by atoms with E-state index in [4.69, 9.17) is 33.2 Å². The van der Waals surface area contributed by atoms with E-state index in [0.717, 1.165) is 21.6 Å². The summed E-state index contributed by atoms with van der Waals surface area (Å²) in [5.74, 6) is -4.42. The fourth-order valence-electron chi connectivity index (χ4n) is 7.50. The quantitative estimate of drug-likeness (QED) is 0.155. The first kappa shape index (κ1) is 43.7. The molecule has 312 valence electrons. The molecule has 0 radical (unpaired) electrons. The first-order valence-electron chi connectivity index (χ1n) is 19.6. The Morgan fingerprint density at radius 2 is 1.47 bits per heavy atom. The van der Waals surface area contributed by atoms with Gasteiger partial charge in [-0.1, -0.05) is 105 Å². The third kappa shape index (κ3) is 10.5. The molecule has 58 heavy (non-hydrogen) atoms. The molecule has 2 N–H and O–H groups in total. The normalized spacial score (nSPS) is 28.0. The molecule has 3 aliphatic heterocycles. The first-order chi connectivity index (χ1) is 28.0. The van der Waals surface area contributed by atoms with Crippen molar-refractivity contribution in [1.82, 2.24) is 4.90 Å². The van der Waals surface area contributed by atoms with Crippen molar-refractivity contribution >= 4 is 33.7 Å². The number of methoxy groups -OCH3 is 1. The zero-order valence-electron chi connectivity index (χ0n) is 32.9. The number of imide groups is 1. The van der Waals surface area contributed by atoms with Crippen LogP contribution in [0.5, 0.6) is 0 Å². The van der Waals surface area contributed by atoms with Crippen molar-refractivity contribution in [1.29, 1.82) is 0 Å². The lowest BCUT2D eigenvalue weighted by Gasteiger charge is -2.45. The molecule has 2 saturated heterocycles. The van der Waals surface area contributed by atoms with E-state index in [9.17, 15) is 24.6 Å². The second-order valence-corrected chi connectivity index (χ2v) is 15.9. The zero-order valence-corrected chi connectivity index (χ0v) is 34.5. The smallest absolute Gasteiger partial charge is 0.416 e. The molecule has 0 bridgehead atoms. The van der Waals surface area contributed by atoms with Crippen molar-refractivity contribution in [2.24, 2.45) is 11.8 Å². The number of ether oxygens (including phenoxy) is 7. The molecule has 2 fully saturated rings. The van der Waals surface area contributed by atoms with Gasteiger partial charge in [-0.15, -0.1) is 0 Å². The van der Waals surface area contributed by atoms with Gasteiger partial charge in [-0.2, -0.15) is 0 Å². The number of halogens is 1. The minimum absolute atomic E-state index is 0.0455. The molecule has 0 aliphatic carbocycles. The number of hydrogen-bond acceptors (Lipinski definition) is 12. The van der Waals surface area contributed by atoms with Crippen LogP contribution in [0, 0.1) is 11.8 Å². The summed E-state index contributed by atoms with van der Waals surface area (Å²) < 4.78 is 42.8. The number of hydrogen-bond donors (Lipinski definition) is 2. The largest absolute Gasteiger partial charge is 0.447 e. The fourth-order valence-corrected chi connectivity index (χ4v) is 8.02. The van der Waals surface area contributed by atoms with Gasteiger partial charge in [0.25, 0.3) is 0 Å². The Bertz CT molecular complexity index is 1830. The van der Waals surface area contributed by atoms with E-state index in [0.29, 0.717) is 0 Å². The van der Waals surface area contributed by atoms with E-state index < -0.39 is 72.3 Å². The average molecular weight is 867 g/mol. The minimum atomic E-state index is -2.02. The van der Waals surface area contributed by atoms with Gasteiger partial charge < -0.3 is 43.4 Å². The molecule has 3 aromatic rings. The lowest BCUT2D eigenvalue weighted by Crippen LogP contribution is -2.61. The second kappa shape index (κ2) is 20.4. The summed E-state index contributed by atoms with van der Waals surface area (Å²) in [6.07, 6.45) is -4.77. The SMILES string of the molecule is CO[C@H]1O[C@H](CO)[C@@H](OCc2ccccc2)[C@H](OCc2ccccc2)[C@@H]1OCCC[C@]1(O)O[C@H]([C@H](Cc2ccccc2)C(=O)N2C(=O)OC[C@H]2C(C)C)C(=O)C=C1Br. The van der Waals surface area contributed by atoms with Crippen LogP contribution in [0.25, 0.3) is 0 Å². The lowest BCUT2D eigenvalue weighted by atomic mass is 9.87. The number of carbonyl (C=O) groups is 3. The molecule has 0 saturated carbocycles. The summed E-state index contributed by atoms with van der Waals surface area (Å²) in [7, 11) is 1.48.